The smallest absolute Gasteiger partial charge is 0.164 e. The van der Waals surface area contributed by atoms with Crippen LogP contribution in [0.2, 0.25) is 0 Å². The van der Waals surface area contributed by atoms with E-state index in [0.29, 0.717) is 11.5 Å². The molecule has 0 aliphatic rings. The van der Waals surface area contributed by atoms with Gasteiger partial charge in [0.15, 0.2) is 11.5 Å². The van der Waals surface area contributed by atoms with Crippen LogP contribution in [-0.2, 0) is 0 Å². The van der Waals surface area contributed by atoms with Gasteiger partial charge in [-0.25, -0.2) is 0 Å². The molecule has 0 spiro atoms. The maximum absolute atomic E-state index is 5.38. The van der Waals surface area contributed by atoms with Gasteiger partial charge in [-0.1, -0.05) is 34.5 Å². The Morgan fingerprint density at radius 2 is 1.61 bits per heavy atom. The van der Waals surface area contributed by atoms with Crippen LogP contribution in [0.3, 0.4) is 0 Å². The lowest BCUT2D eigenvalue weighted by Crippen LogP contribution is -1.95. The van der Waals surface area contributed by atoms with E-state index in [9.17, 15) is 0 Å². The van der Waals surface area contributed by atoms with Gasteiger partial charge in [-0.2, -0.15) is 0 Å². The third-order valence-corrected chi connectivity index (χ3v) is 3.44. The van der Waals surface area contributed by atoms with E-state index in [1.165, 1.54) is 5.57 Å². The molecule has 0 saturated carbocycles. The SMILES string of the molecule is CCC(=Cc1cc(OC)c(OC)cc1OC)CBr. The van der Waals surface area contributed by atoms with Gasteiger partial charge in [0, 0.05) is 17.0 Å². The van der Waals surface area contributed by atoms with Gasteiger partial charge in [0.1, 0.15) is 5.75 Å². The molecule has 0 fully saturated rings. The highest BCUT2D eigenvalue weighted by molar-refractivity contribution is 9.09. The number of benzene rings is 1. The van der Waals surface area contributed by atoms with Crippen molar-refractivity contribution in [1.29, 1.82) is 0 Å². The summed E-state index contributed by atoms with van der Waals surface area (Å²) in [7, 11) is 4.89. The number of allylic oxidation sites excluding steroid dienone is 1. The maximum atomic E-state index is 5.38. The molecule has 0 saturated heterocycles. The molecule has 0 radical (unpaired) electrons. The topological polar surface area (TPSA) is 27.7 Å². The standard InChI is InChI=1S/C14H19BrO3/c1-5-10(9-15)6-11-7-13(17-3)14(18-4)8-12(11)16-2/h6-8H,5,9H2,1-4H3. The van der Waals surface area contributed by atoms with Gasteiger partial charge >= 0.3 is 0 Å². The number of hydrogen-bond acceptors (Lipinski definition) is 3. The molecule has 0 N–H and O–H groups in total. The first kappa shape index (κ1) is 14.9. The van der Waals surface area contributed by atoms with Gasteiger partial charge in [-0.05, 0) is 12.5 Å². The monoisotopic (exact) mass is 314 g/mol. The highest BCUT2D eigenvalue weighted by Crippen LogP contribution is 2.35. The minimum Gasteiger partial charge on any atom is -0.496 e. The van der Waals surface area contributed by atoms with Crippen molar-refractivity contribution in [2.75, 3.05) is 26.7 Å². The number of hydrogen-bond donors (Lipinski definition) is 0. The van der Waals surface area contributed by atoms with E-state index in [4.69, 9.17) is 14.2 Å². The maximum Gasteiger partial charge on any atom is 0.164 e. The zero-order chi connectivity index (χ0) is 13.5. The third kappa shape index (κ3) is 3.42. The Bertz CT molecular complexity index is 421. The summed E-state index contributed by atoms with van der Waals surface area (Å²) in [5, 5.41) is 0.848. The summed E-state index contributed by atoms with van der Waals surface area (Å²) >= 11 is 3.48. The molecule has 1 aromatic rings. The number of rotatable bonds is 6. The van der Waals surface area contributed by atoms with Crippen molar-refractivity contribution in [3.8, 4) is 17.2 Å². The highest BCUT2D eigenvalue weighted by atomic mass is 79.9. The molecule has 0 atom stereocenters. The van der Waals surface area contributed by atoms with Crippen molar-refractivity contribution in [1.82, 2.24) is 0 Å². The first-order valence-electron chi connectivity index (χ1n) is 5.75. The molecule has 0 amide bonds. The summed E-state index contributed by atoms with van der Waals surface area (Å²) < 4.78 is 15.9. The van der Waals surface area contributed by atoms with Crippen LogP contribution in [0.15, 0.2) is 17.7 Å². The van der Waals surface area contributed by atoms with Crippen LogP contribution in [0.25, 0.3) is 6.08 Å². The average molecular weight is 315 g/mol. The van der Waals surface area contributed by atoms with E-state index in [1.54, 1.807) is 21.3 Å². The Morgan fingerprint density at radius 3 is 2.06 bits per heavy atom. The van der Waals surface area contributed by atoms with E-state index < -0.39 is 0 Å². The lowest BCUT2D eigenvalue weighted by molar-refractivity contribution is 0.348. The van der Waals surface area contributed by atoms with E-state index in [1.807, 2.05) is 12.1 Å². The average Bonchev–Trinajstić information content (AvgIpc) is 2.43. The molecule has 4 heteroatoms. The highest BCUT2D eigenvalue weighted by Gasteiger charge is 2.10. The van der Waals surface area contributed by atoms with Gasteiger partial charge < -0.3 is 14.2 Å². The van der Waals surface area contributed by atoms with Crippen molar-refractivity contribution in [2.24, 2.45) is 0 Å². The van der Waals surface area contributed by atoms with E-state index in [0.717, 1.165) is 23.1 Å². The van der Waals surface area contributed by atoms with Gasteiger partial charge in [-0.3, -0.25) is 0 Å². The minimum atomic E-state index is 0.670. The Kier molecular flexibility index (Phi) is 6.05. The fraction of sp³-hybridized carbons (Fsp3) is 0.429. The summed E-state index contributed by atoms with van der Waals surface area (Å²) in [6.07, 6.45) is 3.10. The van der Waals surface area contributed by atoms with Crippen molar-refractivity contribution in [3.05, 3.63) is 23.3 Å². The van der Waals surface area contributed by atoms with Crippen molar-refractivity contribution in [2.45, 2.75) is 13.3 Å². The molecular weight excluding hydrogens is 296 g/mol. The zero-order valence-electron chi connectivity index (χ0n) is 11.2. The van der Waals surface area contributed by atoms with Crippen LogP contribution in [0, 0.1) is 0 Å². The van der Waals surface area contributed by atoms with Crippen LogP contribution in [-0.4, -0.2) is 26.7 Å². The summed E-state index contributed by atoms with van der Waals surface area (Å²) in [5.74, 6) is 2.15. The molecular formula is C14H19BrO3. The number of alkyl halides is 1. The molecule has 0 unspecified atom stereocenters. The summed E-state index contributed by atoms with van der Waals surface area (Å²) in [5.41, 5.74) is 2.28. The zero-order valence-corrected chi connectivity index (χ0v) is 12.8. The fourth-order valence-electron chi connectivity index (χ4n) is 1.62. The normalized spacial score (nSPS) is 11.3. The van der Waals surface area contributed by atoms with Crippen molar-refractivity contribution < 1.29 is 14.2 Å². The first-order valence-corrected chi connectivity index (χ1v) is 6.87. The predicted octanol–water partition coefficient (Wildman–Crippen LogP) is 3.90. The van der Waals surface area contributed by atoms with Crippen molar-refractivity contribution in [3.63, 3.8) is 0 Å². The lowest BCUT2D eigenvalue weighted by Gasteiger charge is -2.13. The molecule has 3 nitrogen and oxygen atoms in total. The lowest BCUT2D eigenvalue weighted by atomic mass is 10.1. The predicted molar refractivity (Wildman–Crippen MR) is 78.2 cm³/mol. The second kappa shape index (κ2) is 7.31. The Balaban J connectivity index is 3.29. The van der Waals surface area contributed by atoms with Crippen LogP contribution in [0.1, 0.15) is 18.9 Å². The van der Waals surface area contributed by atoms with Gasteiger partial charge in [-0.15, -0.1) is 0 Å². The molecule has 0 aliphatic heterocycles. The number of halogens is 1. The summed E-state index contributed by atoms with van der Waals surface area (Å²) in [4.78, 5) is 0. The second-order valence-electron chi connectivity index (χ2n) is 3.74. The van der Waals surface area contributed by atoms with Gasteiger partial charge in [0.05, 0.1) is 21.3 Å². The molecule has 1 rings (SSSR count). The van der Waals surface area contributed by atoms with Crippen LogP contribution >= 0.6 is 15.9 Å². The largest absolute Gasteiger partial charge is 0.496 e. The number of methoxy groups -OCH3 is 3. The van der Waals surface area contributed by atoms with E-state index in [2.05, 4.69) is 28.9 Å². The molecule has 18 heavy (non-hydrogen) atoms. The minimum absolute atomic E-state index is 0.670. The van der Waals surface area contributed by atoms with Gasteiger partial charge in [0.25, 0.3) is 0 Å². The molecule has 0 aliphatic carbocycles. The number of ether oxygens (including phenoxy) is 3. The van der Waals surface area contributed by atoms with Crippen LogP contribution in [0.5, 0.6) is 17.2 Å². The second-order valence-corrected chi connectivity index (χ2v) is 4.30. The molecule has 100 valence electrons. The van der Waals surface area contributed by atoms with Gasteiger partial charge in [0.2, 0.25) is 0 Å². The Labute approximate surface area is 117 Å². The van der Waals surface area contributed by atoms with Crippen molar-refractivity contribution >= 4 is 22.0 Å². The third-order valence-electron chi connectivity index (χ3n) is 2.72. The summed E-state index contributed by atoms with van der Waals surface area (Å²) in [6, 6.07) is 3.77. The molecule has 0 bridgehead atoms. The van der Waals surface area contributed by atoms with E-state index >= 15 is 0 Å². The Morgan fingerprint density at radius 1 is 1.06 bits per heavy atom. The van der Waals surface area contributed by atoms with Crippen LogP contribution in [0.4, 0.5) is 0 Å². The summed E-state index contributed by atoms with van der Waals surface area (Å²) in [6.45, 7) is 2.13. The Hall–Kier alpha value is -1.16. The molecule has 1 aromatic carbocycles. The quantitative estimate of drug-likeness (QED) is 0.745. The fourth-order valence-corrected chi connectivity index (χ4v) is 2.18. The first-order chi connectivity index (χ1) is 8.69. The van der Waals surface area contributed by atoms with E-state index in [-0.39, 0.29) is 0 Å². The van der Waals surface area contributed by atoms with Crippen LogP contribution < -0.4 is 14.2 Å². The molecule has 0 heterocycles. The molecule has 0 aromatic heterocycles.